The molecule has 20 heavy (non-hydrogen) atoms. The van der Waals surface area contributed by atoms with E-state index in [4.69, 9.17) is 0 Å². The number of rotatable bonds is 8. The number of nitrogens with one attached hydrogen (secondary N) is 1. The number of nitrogens with zero attached hydrogens (tertiary/aromatic N) is 1. The van der Waals surface area contributed by atoms with E-state index in [2.05, 4.69) is 59.7 Å². The van der Waals surface area contributed by atoms with E-state index in [-0.39, 0.29) is 0 Å². The van der Waals surface area contributed by atoms with Crippen LogP contribution in [0.1, 0.15) is 30.9 Å². The van der Waals surface area contributed by atoms with Gasteiger partial charge in [-0.15, -0.1) is 0 Å². The third-order valence-corrected chi connectivity index (χ3v) is 3.59. The number of hydrogen-bond donors (Lipinski definition) is 1. The Hall–Kier alpha value is -1.67. The predicted molar refractivity (Wildman–Crippen MR) is 84.8 cm³/mol. The molecule has 1 atom stereocenters. The van der Waals surface area contributed by atoms with E-state index in [0.717, 1.165) is 13.0 Å². The number of aromatic nitrogens is 1. The first-order valence-corrected chi connectivity index (χ1v) is 7.54. The van der Waals surface area contributed by atoms with Crippen LogP contribution in [-0.4, -0.2) is 17.6 Å². The Labute approximate surface area is 122 Å². The van der Waals surface area contributed by atoms with Gasteiger partial charge in [0.1, 0.15) is 0 Å². The summed E-state index contributed by atoms with van der Waals surface area (Å²) in [5, 5.41) is 3.60. The standard InChI is InChI=1S/C18H24N2/c1-2-20-18(15-17-11-13-19-14-12-17)10-6-9-16-7-4-3-5-8-16/h3-5,7-8,11-14,18,20H,2,6,9-10,15H2,1H3. The molecular weight excluding hydrogens is 244 g/mol. The van der Waals surface area contributed by atoms with Crippen molar-refractivity contribution in [3.63, 3.8) is 0 Å². The summed E-state index contributed by atoms with van der Waals surface area (Å²) in [6.45, 7) is 3.21. The van der Waals surface area contributed by atoms with E-state index in [0.29, 0.717) is 6.04 Å². The fourth-order valence-electron chi connectivity index (χ4n) is 2.57. The van der Waals surface area contributed by atoms with Gasteiger partial charge in [0, 0.05) is 18.4 Å². The molecule has 106 valence electrons. The molecule has 1 aromatic heterocycles. The third kappa shape index (κ3) is 5.14. The molecule has 0 amide bonds. The van der Waals surface area contributed by atoms with Gasteiger partial charge in [-0.1, -0.05) is 37.3 Å². The largest absolute Gasteiger partial charge is 0.314 e. The van der Waals surface area contributed by atoms with Gasteiger partial charge in [0.05, 0.1) is 0 Å². The Balaban J connectivity index is 1.80. The van der Waals surface area contributed by atoms with Gasteiger partial charge in [-0.2, -0.15) is 0 Å². The van der Waals surface area contributed by atoms with Crippen molar-refractivity contribution >= 4 is 0 Å². The van der Waals surface area contributed by atoms with Crippen LogP contribution in [0.3, 0.4) is 0 Å². The second-order valence-electron chi connectivity index (χ2n) is 5.19. The number of benzene rings is 1. The molecular formula is C18H24N2. The van der Waals surface area contributed by atoms with Crippen LogP contribution >= 0.6 is 0 Å². The molecule has 1 N–H and O–H groups in total. The van der Waals surface area contributed by atoms with Crippen molar-refractivity contribution in [2.45, 2.75) is 38.6 Å². The Morgan fingerprint density at radius 3 is 2.45 bits per heavy atom. The van der Waals surface area contributed by atoms with Crippen LogP contribution in [0.4, 0.5) is 0 Å². The van der Waals surface area contributed by atoms with Crippen LogP contribution in [0.2, 0.25) is 0 Å². The third-order valence-electron chi connectivity index (χ3n) is 3.59. The van der Waals surface area contributed by atoms with Gasteiger partial charge in [0.25, 0.3) is 0 Å². The second-order valence-corrected chi connectivity index (χ2v) is 5.19. The van der Waals surface area contributed by atoms with Crippen LogP contribution in [0.25, 0.3) is 0 Å². The van der Waals surface area contributed by atoms with E-state index < -0.39 is 0 Å². The molecule has 2 nitrogen and oxygen atoms in total. The first-order valence-electron chi connectivity index (χ1n) is 7.54. The molecule has 2 aromatic rings. The average Bonchev–Trinajstić information content (AvgIpc) is 2.49. The highest BCUT2D eigenvalue weighted by atomic mass is 14.9. The topological polar surface area (TPSA) is 24.9 Å². The number of likely N-dealkylation sites (N-methyl/N-ethyl adjacent to an activating group) is 1. The maximum atomic E-state index is 4.08. The molecule has 0 aliphatic heterocycles. The highest BCUT2D eigenvalue weighted by Gasteiger charge is 2.08. The minimum Gasteiger partial charge on any atom is -0.314 e. The lowest BCUT2D eigenvalue weighted by atomic mass is 9.99. The molecule has 0 saturated heterocycles. The van der Waals surface area contributed by atoms with Crippen molar-refractivity contribution in [2.75, 3.05) is 6.54 Å². The van der Waals surface area contributed by atoms with Crippen molar-refractivity contribution in [3.05, 3.63) is 66.0 Å². The predicted octanol–water partition coefficient (Wildman–Crippen LogP) is 3.63. The Bertz CT molecular complexity index is 467. The molecule has 0 spiro atoms. The van der Waals surface area contributed by atoms with E-state index in [1.165, 1.54) is 30.4 Å². The summed E-state index contributed by atoms with van der Waals surface area (Å²) in [6, 6.07) is 15.5. The summed E-state index contributed by atoms with van der Waals surface area (Å²) in [5.41, 5.74) is 2.80. The Kier molecular flexibility index (Phi) is 6.25. The van der Waals surface area contributed by atoms with E-state index in [1.807, 2.05) is 12.4 Å². The molecule has 0 aliphatic rings. The SMILES string of the molecule is CCNC(CCCc1ccccc1)Cc1ccncc1. The molecule has 0 saturated carbocycles. The maximum Gasteiger partial charge on any atom is 0.0270 e. The fourth-order valence-corrected chi connectivity index (χ4v) is 2.57. The summed E-state index contributed by atoms with van der Waals surface area (Å²) in [4.78, 5) is 4.08. The lowest BCUT2D eigenvalue weighted by Crippen LogP contribution is -2.31. The molecule has 0 fully saturated rings. The van der Waals surface area contributed by atoms with Gasteiger partial charge < -0.3 is 5.32 Å². The minimum absolute atomic E-state index is 0.561. The molecule has 2 rings (SSSR count). The molecule has 2 heteroatoms. The molecule has 1 aromatic carbocycles. The van der Waals surface area contributed by atoms with Crippen LogP contribution < -0.4 is 5.32 Å². The van der Waals surface area contributed by atoms with Crippen LogP contribution in [-0.2, 0) is 12.8 Å². The summed E-state index contributed by atoms with van der Waals surface area (Å²) in [7, 11) is 0. The molecule has 1 heterocycles. The number of aryl methyl sites for hydroxylation is 1. The first-order chi connectivity index (χ1) is 9.88. The van der Waals surface area contributed by atoms with E-state index >= 15 is 0 Å². The highest BCUT2D eigenvalue weighted by molar-refractivity contribution is 5.15. The summed E-state index contributed by atoms with van der Waals surface area (Å²) in [6.07, 6.45) is 8.45. The normalized spacial score (nSPS) is 12.2. The Morgan fingerprint density at radius 1 is 1.00 bits per heavy atom. The van der Waals surface area contributed by atoms with Crippen molar-refractivity contribution < 1.29 is 0 Å². The zero-order valence-electron chi connectivity index (χ0n) is 12.3. The zero-order valence-corrected chi connectivity index (χ0v) is 12.3. The molecule has 0 bridgehead atoms. The van der Waals surface area contributed by atoms with Gasteiger partial charge >= 0.3 is 0 Å². The lowest BCUT2D eigenvalue weighted by molar-refractivity contribution is 0.476. The molecule has 0 aliphatic carbocycles. The monoisotopic (exact) mass is 268 g/mol. The quantitative estimate of drug-likeness (QED) is 0.791. The maximum absolute atomic E-state index is 4.08. The van der Waals surface area contributed by atoms with Gasteiger partial charge in [-0.25, -0.2) is 0 Å². The smallest absolute Gasteiger partial charge is 0.0270 e. The van der Waals surface area contributed by atoms with Crippen molar-refractivity contribution in [3.8, 4) is 0 Å². The average molecular weight is 268 g/mol. The lowest BCUT2D eigenvalue weighted by Gasteiger charge is -2.18. The molecule has 1 unspecified atom stereocenters. The van der Waals surface area contributed by atoms with Gasteiger partial charge in [0.15, 0.2) is 0 Å². The zero-order chi connectivity index (χ0) is 14.0. The van der Waals surface area contributed by atoms with Crippen LogP contribution in [0.5, 0.6) is 0 Å². The van der Waals surface area contributed by atoms with E-state index in [1.54, 1.807) is 0 Å². The van der Waals surface area contributed by atoms with E-state index in [9.17, 15) is 0 Å². The fraction of sp³-hybridized carbons (Fsp3) is 0.389. The first kappa shape index (κ1) is 14.7. The highest BCUT2D eigenvalue weighted by Crippen LogP contribution is 2.10. The van der Waals surface area contributed by atoms with Gasteiger partial charge in [-0.3, -0.25) is 4.98 Å². The van der Waals surface area contributed by atoms with Crippen molar-refractivity contribution in [1.82, 2.24) is 10.3 Å². The van der Waals surface area contributed by atoms with Crippen molar-refractivity contribution in [2.24, 2.45) is 0 Å². The number of pyridine rings is 1. The Morgan fingerprint density at radius 2 is 1.75 bits per heavy atom. The molecule has 0 radical (unpaired) electrons. The van der Waals surface area contributed by atoms with Crippen molar-refractivity contribution in [1.29, 1.82) is 0 Å². The van der Waals surface area contributed by atoms with Gasteiger partial charge in [-0.05, 0) is 55.5 Å². The minimum atomic E-state index is 0.561. The summed E-state index contributed by atoms with van der Waals surface area (Å²) < 4.78 is 0. The summed E-state index contributed by atoms with van der Waals surface area (Å²) in [5.74, 6) is 0. The summed E-state index contributed by atoms with van der Waals surface area (Å²) >= 11 is 0. The van der Waals surface area contributed by atoms with Crippen LogP contribution in [0, 0.1) is 0 Å². The van der Waals surface area contributed by atoms with Crippen LogP contribution in [0.15, 0.2) is 54.9 Å². The second kappa shape index (κ2) is 8.49. The number of hydrogen-bond acceptors (Lipinski definition) is 2. The van der Waals surface area contributed by atoms with Gasteiger partial charge in [0.2, 0.25) is 0 Å².